The fourth-order valence-electron chi connectivity index (χ4n) is 1.63. The summed E-state index contributed by atoms with van der Waals surface area (Å²) in [5.41, 5.74) is 1.43. The standard InChI is InChI=1S/C12H14N2O3/c1-2-11(15)13-9-4-3-5-10(8-9)14-6-7-17-12(14)16/h3-5,8H,2,6-7H2,1H3,(H,13,15). The molecule has 2 amide bonds. The van der Waals surface area contributed by atoms with Crippen LogP contribution in [-0.2, 0) is 9.53 Å². The van der Waals surface area contributed by atoms with Crippen LogP contribution in [0.2, 0.25) is 0 Å². The maximum Gasteiger partial charge on any atom is 0.414 e. The van der Waals surface area contributed by atoms with E-state index in [0.717, 1.165) is 5.69 Å². The molecule has 0 aliphatic carbocycles. The molecular weight excluding hydrogens is 220 g/mol. The predicted octanol–water partition coefficient (Wildman–Crippen LogP) is 1.99. The largest absolute Gasteiger partial charge is 0.447 e. The Morgan fingerprint density at radius 1 is 1.53 bits per heavy atom. The average molecular weight is 234 g/mol. The Labute approximate surface area is 99.4 Å². The second kappa shape index (κ2) is 4.86. The van der Waals surface area contributed by atoms with E-state index >= 15 is 0 Å². The molecule has 1 fully saturated rings. The van der Waals surface area contributed by atoms with Crippen LogP contribution in [0.15, 0.2) is 24.3 Å². The highest BCUT2D eigenvalue weighted by molar-refractivity contribution is 5.93. The third-order valence-electron chi connectivity index (χ3n) is 2.52. The highest BCUT2D eigenvalue weighted by Crippen LogP contribution is 2.22. The number of rotatable bonds is 3. The first-order valence-corrected chi connectivity index (χ1v) is 5.55. The van der Waals surface area contributed by atoms with Crippen molar-refractivity contribution >= 4 is 23.4 Å². The molecule has 1 aliphatic rings. The lowest BCUT2D eigenvalue weighted by Gasteiger charge is -2.14. The van der Waals surface area contributed by atoms with E-state index in [1.54, 1.807) is 30.0 Å². The summed E-state index contributed by atoms with van der Waals surface area (Å²) >= 11 is 0. The molecular formula is C12H14N2O3. The first-order chi connectivity index (χ1) is 8.20. The van der Waals surface area contributed by atoms with Crippen molar-refractivity contribution in [1.82, 2.24) is 0 Å². The number of hydrogen-bond donors (Lipinski definition) is 1. The lowest BCUT2D eigenvalue weighted by Crippen LogP contribution is -2.23. The van der Waals surface area contributed by atoms with E-state index in [2.05, 4.69) is 5.32 Å². The van der Waals surface area contributed by atoms with Gasteiger partial charge in [0.05, 0.1) is 6.54 Å². The maximum absolute atomic E-state index is 11.4. The molecule has 1 N–H and O–H groups in total. The molecule has 17 heavy (non-hydrogen) atoms. The van der Waals surface area contributed by atoms with Gasteiger partial charge in [0.15, 0.2) is 0 Å². The zero-order valence-corrected chi connectivity index (χ0v) is 9.60. The minimum absolute atomic E-state index is 0.0499. The summed E-state index contributed by atoms with van der Waals surface area (Å²) in [5.74, 6) is -0.0499. The Bertz CT molecular complexity index is 445. The van der Waals surface area contributed by atoms with Crippen molar-refractivity contribution in [3.8, 4) is 0 Å². The second-order valence-corrected chi connectivity index (χ2v) is 3.72. The first-order valence-electron chi connectivity index (χ1n) is 5.55. The normalized spacial score (nSPS) is 14.6. The zero-order valence-electron chi connectivity index (χ0n) is 9.60. The number of carbonyl (C=O) groups excluding carboxylic acids is 2. The molecule has 0 radical (unpaired) electrons. The van der Waals surface area contributed by atoms with E-state index < -0.39 is 0 Å². The molecule has 1 aliphatic heterocycles. The molecule has 1 aromatic carbocycles. The highest BCUT2D eigenvalue weighted by Gasteiger charge is 2.23. The molecule has 0 spiro atoms. The van der Waals surface area contributed by atoms with Gasteiger partial charge < -0.3 is 10.1 Å². The van der Waals surface area contributed by atoms with Crippen molar-refractivity contribution in [2.75, 3.05) is 23.4 Å². The highest BCUT2D eigenvalue weighted by atomic mass is 16.6. The Morgan fingerprint density at radius 3 is 3.00 bits per heavy atom. The summed E-state index contributed by atoms with van der Waals surface area (Å²) in [6, 6.07) is 7.17. The molecule has 0 atom stereocenters. The molecule has 0 bridgehead atoms. The third kappa shape index (κ3) is 2.55. The van der Waals surface area contributed by atoms with E-state index in [1.807, 2.05) is 6.07 Å². The van der Waals surface area contributed by atoms with Crippen molar-refractivity contribution in [3.05, 3.63) is 24.3 Å². The average Bonchev–Trinajstić information content (AvgIpc) is 2.75. The van der Waals surface area contributed by atoms with E-state index in [9.17, 15) is 9.59 Å². The number of ether oxygens (including phenoxy) is 1. The molecule has 90 valence electrons. The smallest absolute Gasteiger partial charge is 0.414 e. The summed E-state index contributed by atoms with van der Waals surface area (Å²) in [4.78, 5) is 24.2. The quantitative estimate of drug-likeness (QED) is 0.870. The minimum Gasteiger partial charge on any atom is -0.447 e. The number of nitrogens with one attached hydrogen (secondary N) is 1. The molecule has 5 heteroatoms. The molecule has 0 saturated carbocycles. The van der Waals surface area contributed by atoms with Gasteiger partial charge in [-0.15, -0.1) is 0 Å². The number of amides is 2. The third-order valence-corrected chi connectivity index (χ3v) is 2.52. The Morgan fingerprint density at radius 2 is 2.35 bits per heavy atom. The van der Waals surface area contributed by atoms with Gasteiger partial charge in [0.2, 0.25) is 5.91 Å². The van der Waals surface area contributed by atoms with Gasteiger partial charge in [-0.3, -0.25) is 9.69 Å². The van der Waals surface area contributed by atoms with Gasteiger partial charge in [-0.05, 0) is 18.2 Å². The van der Waals surface area contributed by atoms with E-state index in [4.69, 9.17) is 4.74 Å². The summed E-state index contributed by atoms with van der Waals surface area (Å²) in [5, 5.41) is 2.75. The van der Waals surface area contributed by atoms with Crippen molar-refractivity contribution in [1.29, 1.82) is 0 Å². The summed E-state index contributed by atoms with van der Waals surface area (Å²) in [6.07, 6.45) is 0.0830. The fraction of sp³-hybridized carbons (Fsp3) is 0.333. The number of carbonyl (C=O) groups is 2. The van der Waals surface area contributed by atoms with Gasteiger partial charge in [0.1, 0.15) is 6.61 Å². The molecule has 0 aromatic heterocycles. The van der Waals surface area contributed by atoms with Crippen LogP contribution < -0.4 is 10.2 Å². The zero-order chi connectivity index (χ0) is 12.3. The van der Waals surface area contributed by atoms with Crippen LogP contribution in [0, 0.1) is 0 Å². The van der Waals surface area contributed by atoms with Crippen molar-refractivity contribution in [2.45, 2.75) is 13.3 Å². The monoisotopic (exact) mass is 234 g/mol. The van der Waals surface area contributed by atoms with Crippen LogP contribution in [0.25, 0.3) is 0 Å². The number of hydrogen-bond acceptors (Lipinski definition) is 3. The van der Waals surface area contributed by atoms with Gasteiger partial charge in [-0.2, -0.15) is 0 Å². The number of anilines is 2. The molecule has 1 heterocycles. The maximum atomic E-state index is 11.4. The Balaban J connectivity index is 2.16. The van der Waals surface area contributed by atoms with Crippen LogP contribution in [0.3, 0.4) is 0 Å². The first kappa shape index (κ1) is 11.4. The fourth-order valence-corrected chi connectivity index (χ4v) is 1.63. The number of cyclic esters (lactones) is 1. The topological polar surface area (TPSA) is 58.6 Å². The predicted molar refractivity (Wildman–Crippen MR) is 64.1 cm³/mol. The molecule has 1 aromatic rings. The SMILES string of the molecule is CCC(=O)Nc1cccc(N2CCOC2=O)c1. The van der Waals surface area contributed by atoms with Crippen LogP contribution in [0.1, 0.15) is 13.3 Å². The van der Waals surface area contributed by atoms with E-state index in [1.165, 1.54) is 0 Å². The van der Waals surface area contributed by atoms with Crippen LogP contribution in [-0.4, -0.2) is 25.2 Å². The second-order valence-electron chi connectivity index (χ2n) is 3.72. The molecule has 2 rings (SSSR count). The van der Waals surface area contributed by atoms with Gasteiger partial charge >= 0.3 is 6.09 Å². The van der Waals surface area contributed by atoms with Gasteiger partial charge in [0.25, 0.3) is 0 Å². The lowest BCUT2D eigenvalue weighted by atomic mass is 10.2. The van der Waals surface area contributed by atoms with Crippen LogP contribution in [0.5, 0.6) is 0 Å². The number of nitrogens with zero attached hydrogens (tertiary/aromatic N) is 1. The molecule has 0 unspecified atom stereocenters. The van der Waals surface area contributed by atoms with E-state index in [0.29, 0.717) is 25.3 Å². The van der Waals surface area contributed by atoms with Crippen molar-refractivity contribution in [3.63, 3.8) is 0 Å². The number of benzene rings is 1. The van der Waals surface area contributed by atoms with Gasteiger partial charge in [0, 0.05) is 17.8 Å². The van der Waals surface area contributed by atoms with Crippen LogP contribution in [0.4, 0.5) is 16.2 Å². The van der Waals surface area contributed by atoms with E-state index in [-0.39, 0.29) is 12.0 Å². The molecule has 1 saturated heterocycles. The Kier molecular flexibility index (Phi) is 3.27. The summed E-state index contributed by atoms with van der Waals surface area (Å²) in [6.45, 7) is 2.74. The van der Waals surface area contributed by atoms with Crippen molar-refractivity contribution < 1.29 is 14.3 Å². The van der Waals surface area contributed by atoms with Crippen LogP contribution >= 0.6 is 0 Å². The minimum atomic E-state index is -0.344. The van der Waals surface area contributed by atoms with Gasteiger partial charge in [-0.25, -0.2) is 4.79 Å². The summed E-state index contributed by atoms with van der Waals surface area (Å²) in [7, 11) is 0. The molecule has 5 nitrogen and oxygen atoms in total. The Hall–Kier alpha value is -2.04. The van der Waals surface area contributed by atoms with Crippen molar-refractivity contribution in [2.24, 2.45) is 0 Å². The summed E-state index contributed by atoms with van der Waals surface area (Å²) < 4.78 is 4.86. The van der Waals surface area contributed by atoms with Gasteiger partial charge in [-0.1, -0.05) is 13.0 Å². The lowest BCUT2D eigenvalue weighted by molar-refractivity contribution is -0.115.